The van der Waals surface area contributed by atoms with E-state index >= 15 is 0 Å². The molecule has 0 aliphatic carbocycles. The van der Waals surface area contributed by atoms with Crippen LogP contribution in [0, 0.1) is 0 Å². The summed E-state index contributed by atoms with van der Waals surface area (Å²) in [6.45, 7) is 4.75. The second-order valence-corrected chi connectivity index (χ2v) is 29.9. The van der Waals surface area contributed by atoms with Crippen molar-refractivity contribution in [2.45, 2.75) is 380 Å². The predicted molar refractivity (Wildman–Crippen MR) is 409 cm³/mol. The third-order valence-corrected chi connectivity index (χ3v) is 19.1. The summed E-state index contributed by atoms with van der Waals surface area (Å²) in [5.74, 6) is -2.18. The molecule has 3 N–H and O–H groups in total. The fourth-order valence-electron chi connectivity index (χ4n) is 11.0. The molecule has 0 spiro atoms. The van der Waals surface area contributed by atoms with Crippen LogP contribution in [0.2, 0.25) is 0 Å². The summed E-state index contributed by atoms with van der Waals surface area (Å²) in [6.07, 6.45) is 74.4. The van der Waals surface area contributed by atoms with Crippen LogP contribution < -0.4 is 0 Å². The van der Waals surface area contributed by atoms with Crippen LogP contribution in [0.4, 0.5) is 0 Å². The topological polar surface area (TPSA) is 237 Å². The van der Waals surface area contributed by atoms with Crippen molar-refractivity contribution < 1.29 is 80.2 Å². The van der Waals surface area contributed by atoms with E-state index in [1.807, 2.05) is 0 Å². The normalized spacial score (nSPS) is 14.3. The van der Waals surface area contributed by atoms with Gasteiger partial charge in [0.25, 0.3) is 0 Å². The highest BCUT2D eigenvalue weighted by atomic mass is 31.2. The second-order valence-electron chi connectivity index (χ2n) is 27.0. The molecule has 5 atom stereocenters. The van der Waals surface area contributed by atoms with Gasteiger partial charge in [-0.1, -0.05) is 293 Å². The number of phosphoric ester groups is 2. The molecule has 0 saturated carbocycles. The van der Waals surface area contributed by atoms with Gasteiger partial charge in [-0.25, -0.2) is 9.13 Å². The third kappa shape index (κ3) is 72.8. The van der Waals surface area contributed by atoms with Crippen molar-refractivity contribution in [2.24, 2.45) is 0 Å². The van der Waals surface area contributed by atoms with Crippen molar-refractivity contribution >= 4 is 39.5 Å². The van der Waals surface area contributed by atoms with Crippen LogP contribution in [0.1, 0.15) is 362 Å². The lowest BCUT2D eigenvalue weighted by Crippen LogP contribution is -2.30. The molecule has 17 nitrogen and oxygen atoms in total. The molecule has 582 valence electrons. The number of rotatable bonds is 76. The lowest BCUT2D eigenvalue weighted by Gasteiger charge is -2.21. The minimum atomic E-state index is -4.97. The van der Waals surface area contributed by atoms with Gasteiger partial charge in [-0.15, -0.1) is 0 Å². The van der Waals surface area contributed by atoms with Gasteiger partial charge in [0.15, 0.2) is 12.2 Å². The first-order chi connectivity index (χ1) is 48.7. The van der Waals surface area contributed by atoms with Gasteiger partial charge in [0.1, 0.15) is 19.3 Å². The minimum Gasteiger partial charge on any atom is -0.462 e. The molecule has 0 aromatic carbocycles. The van der Waals surface area contributed by atoms with Gasteiger partial charge in [-0.3, -0.25) is 37.3 Å². The zero-order valence-corrected chi connectivity index (χ0v) is 65.4. The molecule has 0 aliphatic heterocycles. The van der Waals surface area contributed by atoms with Gasteiger partial charge in [-0.2, -0.15) is 0 Å². The fraction of sp³-hybridized carbons (Fsp3) is 0.802. The maximum absolute atomic E-state index is 13.1. The van der Waals surface area contributed by atoms with E-state index in [-0.39, 0.29) is 25.7 Å². The third-order valence-electron chi connectivity index (χ3n) is 17.2. The molecular formula is C81H146O17P2. The number of carbonyl (C=O) groups excluding carboxylic acids is 4. The summed E-state index contributed by atoms with van der Waals surface area (Å²) in [5, 5.41) is 10.6. The molecule has 0 bridgehead atoms. The largest absolute Gasteiger partial charge is 0.472 e. The van der Waals surface area contributed by atoms with Crippen molar-refractivity contribution in [1.82, 2.24) is 0 Å². The molecule has 5 unspecified atom stereocenters. The maximum Gasteiger partial charge on any atom is 0.472 e. The fourth-order valence-corrected chi connectivity index (χ4v) is 12.6. The first-order valence-corrected chi connectivity index (χ1v) is 43.2. The lowest BCUT2D eigenvalue weighted by molar-refractivity contribution is -0.161. The van der Waals surface area contributed by atoms with Crippen LogP contribution in [-0.2, 0) is 65.4 Å². The number of ether oxygens (including phenoxy) is 4. The number of hydrogen-bond acceptors (Lipinski definition) is 15. The molecule has 0 aromatic heterocycles. The molecule has 100 heavy (non-hydrogen) atoms. The van der Waals surface area contributed by atoms with Gasteiger partial charge in [0, 0.05) is 25.7 Å². The number of carbonyl (C=O) groups is 4. The van der Waals surface area contributed by atoms with Crippen LogP contribution in [0.25, 0.3) is 0 Å². The van der Waals surface area contributed by atoms with E-state index in [0.717, 1.165) is 173 Å². The Morgan fingerprint density at radius 1 is 0.290 bits per heavy atom. The van der Waals surface area contributed by atoms with E-state index in [2.05, 4.69) is 101 Å². The summed E-state index contributed by atoms with van der Waals surface area (Å²) in [5.41, 5.74) is 0. The molecule has 0 amide bonds. The van der Waals surface area contributed by atoms with E-state index in [1.54, 1.807) is 0 Å². The SMILES string of the molecule is CC/C=C\C/C=C\C/C=C\CCCCCCCCCC(=O)OCC(COP(=O)(O)OCC(O)COP(=O)(O)OCC(COC(=O)CCCCCCC/C=C\C/C=C\CCCCC)OC(=O)CCCCCCC/C=C\CCCCCC)OC(=O)CCCCCCCCCCCCCCCCC. The van der Waals surface area contributed by atoms with Gasteiger partial charge >= 0.3 is 39.5 Å². The highest BCUT2D eigenvalue weighted by molar-refractivity contribution is 7.47. The molecule has 0 aromatic rings. The maximum atomic E-state index is 13.1. The Bertz CT molecular complexity index is 2180. The summed E-state index contributed by atoms with van der Waals surface area (Å²) in [6, 6.07) is 0. The van der Waals surface area contributed by atoms with Crippen LogP contribution in [0.3, 0.4) is 0 Å². The zero-order valence-electron chi connectivity index (χ0n) is 63.6. The van der Waals surface area contributed by atoms with Crippen LogP contribution in [0.15, 0.2) is 72.9 Å². The van der Waals surface area contributed by atoms with E-state index in [4.69, 9.17) is 37.0 Å². The van der Waals surface area contributed by atoms with Gasteiger partial charge in [0.2, 0.25) is 0 Å². The van der Waals surface area contributed by atoms with Crippen LogP contribution in [0.5, 0.6) is 0 Å². The molecule has 0 rings (SSSR count). The second kappa shape index (κ2) is 73.8. The Morgan fingerprint density at radius 2 is 0.520 bits per heavy atom. The standard InChI is InChI=1S/C81H146O17P2/c1-5-9-13-17-21-25-29-33-36-37-40-43-46-50-54-58-62-66-79(84)92-72-77(98-81(86)68-64-60-56-52-48-44-39-35-31-27-23-19-15-11-7-3)74-96-100(89,90)94-70-75(82)69-93-99(87,88)95-73-76(97-80(85)67-63-59-55-51-47-41-32-28-24-20-16-12-8-4)71-91-78(83)65-61-57-53-49-45-42-38-34-30-26-22-18-14-10-6-2/h9,13,21-22,25-26,28,32-34,36,38,75-77,82H,5-8,10-12,14-20,23-24,27,29-31,35,37,39-74H2,1-4H3,(H,87,88)(H,89,90)/b13-9-,25-21-,26-22-,32-28-,36-33-,38-34-. The van der Waals surface area contributed by atoms with Crippen LogP contribution in [-0.4, -0.2) is 96.7 Å². The van der Waals surface area contributed by atoms with Crippen molar-refractivity contribution in [3.05, 3.63) is 72.9 Å². The minimum absolute atomic E-state index is 0.0849. The molecule has 0 fully saturated rings. The Labute approximate surface area is 609 Å². The molecular weight excluding hydrogens is 1310 g/mol. The molecule has 0 heterocycles. The number of hydrogen-bond donors (Lipinski definition) is 3. The summed E-state index contributed by atoms with van der Waals surface area (Å²) < 4.78 is 68.6. The highest BCUT2D eigenvalue weighted by Gasteiger charge is 2.30. The Balaban J connectivity index is 5.33. The summed E-state index contributed by atoms with van der Waals surface area (Å²) in [4.78, 5) is 73.0. The Morgan fingerprint density at radius 3 is 0.840 bits per heavy atom. The van der Waals surface area contributed by atoms with Gasteiger partial charge < -0.3 is 33.8 Å². The van der Waals surface area contributed by atoms with Crippen molar-refractivity contribution in [2.75, 3.05) is 39.6 Å². The number of esters is 4. The number of unbranched alkanes of at least 4 members (excludes halogenated alkanes) is 38. The number of phosphoric acid groups is 2. The van der Waals surface area contributed by atoms with Crippen molar-refractivity contribution in [3.63, 3.8) is 0 Å². The van der Waals surface area contributed by atoms with E-state index in [9.17, 15) is 43.2 Å². The first-order valence-electron chi connectivity index (χ1n) is 40.2. The Kier molecular flexibility index (Phi) is 71.2. The van der Waals surface area contributed by atoms with Crippen molar-refractivity contribution in [1.29, 1.82) is 0 Å². The first kappa shape index (κ1) is 96.5. The number of aliphatic hydroxyl groups excluding tert-OH is 1. The molecule has 0 saturated heterocycles. The number of allylic oxidation sites excluding steroid dienone is 12. The van der Waals surface area contributed by atoms with Crippen LogP contribution >= 0.6 is 15.6 Å². The molecule has 0 aliphatic rings. The van der Waals surface area contributed by atoms with Crippen molar-refractivity contribution in [3.8, 4) is 0 Å². The quantitative estimate of drug-likeness (QED) is 0.0169. The van der Waals surface area contributed by atoms with E-state index < -0.39 is 97.5 Å². The smallest absolute Gasteiger partial charge is 0.462 e. The lowest BCUT2D eigenvalue weighted by atomic mass is 10.0. The molecule has 0 radical (unpaired) electrons. The van der Waals surface area contributed by atoms with E-state index in [1.165, 1.54) is 109 Å². The monoisotopic (exact) mass is 1450 g/mol. The highest BCUT2D eigenvalue weighted by Crippen LogP contribution is 2.45. The average molecular weight is 1450 g/mol. The van der Waals surface area contributed by atoms with Gasteiger partial charge in [-0.05, 0) is 116 Å². The Hall–Kier alpha value is -3.50. The molecule has 19 heteroatoms. The predicted octanol–water partition coefficient (Wildman–Crippen LogP) is 23.2. The zero-order chi connectivity index (χ0) is 73.2. The average Bonchev–Trinajstić information content (AvgIpc) is 1.06. The number of aliphatic hydroxyl groups is 1. The summed E-state index contributed by atoms with van der Waals surface area (Å²) in [7, 11) is -9.95. The summed E-state index contributed by atoms with van der Waals surface area (Å²) >= 11 is 0. The van der Waals surface area contributed by atoms with E-state index in [0.29, 0.717) is 25.7 Å². The van der Waals surface area contributed by atoms with Gasteiger partial charge in [0.05, 0.1) is 26.4 Å².